The van der Waals surface area contributed by atoms with E-state index in [2.05, 4.69) is 19.9 Å². The molecule has 0 atom stereocenters. The molecule has 1 aromatic carbocycles. The summed E-state index contributed by atoms with van der Waals surface area (Å²) in [7, 11) is 0. The molecule has 0 bridgehead atoms. The number of phenolic OH excluding ortho intramolecular Hbond substituents is 1. The Bertz CT molecular complexity index is 335. The minimum atomic E-state index is 0.433. The molecule has 82 valence electrons. The van der Waals surface area contributed by atoms with Crippen molar-refractivity contribution in [2.45, 2.75) is 51.4 Å². The van der Waals surface area contributed by atoms with E-state index in [-0.39, 0.29) is 0 Å². The van der Waals surface area contributed by atoms with Crippen LogP contribution in [0.3, 0.4) is 0 Å². The zero-order valence-corrected chi connectivity index (χ0v) is 9.66. The van der Waals surface area contributed by atoms with Crippen molar-refractivity contribution < 1.29 is 5.11 Å². The number of phenols is 1. The van der Waals surface area contributed by atoms with E-state index in [0.717, 1.165) is 0 Å². The molecule has 1 aliphatic rings. The molecule has 15 heavy (non-hydrogen) atoms. The predicted molar refractivity (Wildman–Crippen MR) is 63.4 cm³/mol. The molecule has 0 radical (unpaired) electrons. The molecule has 0 aliphatic heterocycles. The van der Waals surface area contributed by atoms with Crippen LogP contribution in [-0.4, -0.2) is 5.11 Å². The monoisotopic (exact) mass is 204 g/mol. The van der Waals surface area contributed by atoms with E-state index in [4.69, 9.17) is 0 Å². The lowest BCUT2D eigenvalue weighted by molar-refractivity contribution is 0.472. The first kappa shape index (κ1) is 10.5. The molecule has 0 amide bonds. The van der Waals surface area contributed by atoms with Gasteiger partial charge < -0.3 is 5.11 Å². The summed E-state index contributed by atoms with van der Waals surface area (Å²) in [6.07, 6.45) is 5.27. The van der Waals surface area contributed by atoms with E-state index in [1.807, 2.05) is 12.1 Å². The van der Waals surface area contributed by atoms with Crippen LogP contribution in [0.5, 0.6) is 5.75 Å². The molecule has 1 saturated carbocycles. The van der Waals surface area contributed by atoms with Crippen LogP contribution in [0.2, 0.25) is 0 Å². The maximum atomic E-state index is 9.70. The normalized spacial score (nSPS) is 17.5. The highest BCUT2D eigenvalue weighted by molar-refractivity contribution is 5.37. The van der Waals surface area contributed by atoms with Gasteiger partial charge in [-0.25, -0.2) is 0 Å². The van der Waals surface area contributed by atoms with Crippen molar-refractivity contribution in [3.05, 3.63) is 29.3 Å². The van der Waals surface area contributed by atoms with Gasteiger partial charge in [0.05, 0.1) is 0 Å². The number of hydrogen-bond acceptors (Lipinski definition) is 1. The van der Waals surface area contributed by atoms with E-state index >= 15 is 0 Å². The van der Waals surface area contributed by atoms with E-state index in [1.54, 1.807) is 0 Å². The third kappa shape index (κ3) is 2.34. The molecular formula is C14H20O. The fourth-order valence-corrected chi connectivity index (χ4v) is 2.49. The van der Waals surface area contributed by atoms with Crippen molar-refractivity contribution in [2.24, 2.45) is 0 Å². The van der Waals surface area contributed by atoms with Gasteiger partial charge >= 0.3 is 0 Å². The summed E-state index contributed by atoms with van der Waals surface area (Å²) in [6, 6.07) is 6.12. The van der Waals surface area contributed by atoms with Crippen molar-refractivity contribution in [1.29, 1.82) is 0 Å². The van der Waals surface area contributed by atoms with Crippen LogP contribution in [0, 0.1) is 0 Å². The smallest absolute Gasteiger partial charge is 0.116 e. The van der Waals surface area contributed by atoms with Crippen LogP contribution >= 0.6 is 0 Å². The highest BCUT2D eigenvalue weighted by Crippen LogP contribution is 2.36. The summed E-state index contributed by atoms with van der Waals surface area (Å²) >= 11 is 0. The summed E-state index contributed by atoms with van der Waals surface area (Å²) in [5, 5.41) is 9.70. The van der Waals surface area contributed by atoms with Crippen molar-refractivity contribution in [3.8, 4) is 5.75 Å². The van der Waals surface area contributed by atoms with E-state index in [0.29, 0.717) is 17.6 Å². The van der Waals surface area contributed by atoms with Gasteiger partial charge in [0.2, 0.25) is 0 Å². The van der Waals surface area contributed by atoms with Crippen molar-refractivity contribution >= 4 is 0 Å². The molecule has 1 nitrogen and oxygen atoms in total. The fraction of sp³-hybridized carbons (Fsp3) is 0.571. The minimum Gasteiger partial charge on any atom is -0.508 e. The predicted octanol–water partition coefficient (Wildman–Crippen LogP) is 4.17. The third-order valence-corrected chi connectivity index (χ3v) is 3.46. The minimum absolute atomic E-state index is 0.433. The van der Waals surface area contributed by atoms with Gasteiger partial charge in [0.1, 0.15) is 5.75 Å². The first-order valence-corrected chi connectivity index (χ1v) is 6.00. The summed E-state index contributed by atoms with van der Waals surface area (Å²) in [4.78, 5) is 0. The molecule has 0 aromatic heterocycles. The summed E-state index contributed by atoms with van der Waals surface area (Å²) < 4.78 is 0. The molecule has 1 heteroatoms. The largest absolute Gasteiger partial charge is 0.508 e. The Morgan fingerprint density at radius 3 is 2.40 bits per heavy atom. The lowest BCUT2D eigenvalue weighted by atomic mass is 9.92. The quantitative estimate of drug-likeness (QED) is 0.766. The SMILES string of the molecule is CC(C)c1cc(O)cc(C2CCCC2)c1. The number of rotatable bonds is 2. The average molecular weight is 204 g/mol. The Morgan fingerprint density at radius 2 is 1.80 bits per heavy atom. The van der Waals surface area contributed by atoms with Gasteiger partial charge in [-0.3, -0.25) is 0 Å². The van der Waals surface area contributed by atoms with Crippen molar-refractivity contribution in [3.63, 3.8) is 0 Å². The molecule has 0 saturated heterocycles. The van der Waals surface area contributed by atoms with Crippen molar-refractivity contribution in [1.82, 2.24) is 0 Å². The average Bonchev–Trinajstić information content (AvgIpc) is 2.69. The molecule has 1 aliphatic carbocycles. The van der Waals surface area contributed by atoms with E-state index in [9.17, 15) is 5.11 Å². The molecule has 2 rings (SSSR count). The standard InChI is InChI=1S/C14H20O/c1-10(2)12-7-13(9-14(15)8-12)11-5-3-4-6-11/h7-11,15H,3-6H2,1-2H3. The molecule has 0 unspecified atom stereocenters. The maximum absolute atomic E-state index is 9.70. The van der Waals surface area contributed by atoms with Gasteiger partial charge in [-0.05, 0) is 47.9 Å². The number of hydrogen-bond donors (Lipinski definition) is 1. The Labute approximate surface area is 92.1 Å². The van der Waals surface area contributed by atoms with Crippen molar-refractivity contribution in [2.75, 3.05) is 0 Å². The van der Waals surface area contributed by atoms with Gasteiger partial charge in [0.15, 0.2) is 0 Å². The third-order valence-electron chi connectivity index (χ3n) is 3.46. The van der Waals surface area contributed by atoms with Crippen LogP contribution in [0.25, 0.3) is 0 Å². The summed E-state index contributed by atoms with van der Waals surface area (Å²) in [6.45, 7) is 4.35. The van der Waals surface area contributed by atoms with Crippen LogP contribution < -0.4 is 0 Å². The fourth-order valence-electron chi connectivity index (χ4n) is 2.49. The van der Waals surface area contributed by atoms with Crippen LogP contribution in [0.15, 0.2) is 18.2 Å². The van der Waals surface area contributed by atoms with E-state index < -0.39 is 0 Å². The van der Waals surface area contributed by atoms with Gasteiger partial charge in [0.25, 0.3) is 0 Å². The maximum Gasteiger partial charge on any atom is 0.116 e. The summed E-state index contributed by atoms with van der Waals surface area (Å²) in [5.74, 6) is 1.62. The lowest BCUT2D eigenvalue weighted by Gasteiger charge is -2.14. The van der Waals surface area contributed by atoms with Crippen LogP contribution in [0.1, 0.15) is 62.5 Å². The van der Waals surface area contributed by atoms with E-state index in [1.165, 1.54) is 36.8 Å². The van der Waals surface area contributed by atoms with Gasteiger partial charge in [-0.1, -0.05) is 32.8 Å². The number of aromatic hydroxyl groups is 1. The Morgan fingerprint density at radius 1 is 1.13 bits per heavy atom. The zero-order chi connectivity index (χ0) is 10.8. The molecule has 1 aromatic rings. The second-order valence-electron chi connectivity index (χ2n) is 4.99. The second-order valence-corrected chi connectivity index (χ2v) is 4.99. The first-order chi connectivity index (χ1) is 7.16. The highest BCUT2D eigenvalue weighted by Gasteiger charge is 2.18. The molecule has 0 spiro atoms. The Hall–Kier alpha value is -0.980. The zero-order valence-electron chi connectivity index (χ0n) is 9.66. The van der Waals surface area contributed by atoms with Gasteiger partial charge in [0, 0.05) is 0 Å². The number of benzene rings is 1. The molecule has 1 fully saturated rings. The van der Waals surface area contributed by atoms with Gasteiger partial charge in [-0.15, -0.1) is 0 Å². The van der Waals surface area contributed by atoms with Crippen LogP contribution in [-0.2, 0) is 0 Å². The summed E-state index contributed by atoms with van der Waals surface area (Å²) in [5.41, 5.74) is 2.60. The highest BCUT2D eigenvalue weighted by atomic mass is 16.3. The topological polar surface area (TPSA) is 20.2 Å². The second kappa shape index (κ2) is 4.26. The lowest BCUT2D eigenvalue weighted by Crippen LogP contribution is -1.95. The van der Waals surface area contributed by atoms with Gasteiger partial charge in [-0.2, -0.15) is 0 Å². The molecule has 1 N–H and O–H groups in total. The molecule has 0 heterocycles. The van der Waals surface area contributed by atoms with Crippen LogP contribution in [0.4, 0.5) is 0 Å². The first-order valence-electron chi connectivity index (χ1n) is 6.00. The molecular weight excluding hydrogens is 184 g/mol. The Balaban J connectivity index is 2.30. The Kier molecular flexibility index (Phi) is 2.99.